The van der Waals surface area contributed by atoms with E-state index in [1.807, 2.05) is 84.3 Å². The minimum atomic E-state index is -0.169. The van der Waals surface area contributed by atoms with Crippen molar-refractivity contribution in [2.75, 3.05) is 24.3 Å². The van der Waals surface area contributed by atoms with Crippen molar-refractivity contribution in [1.82, 2.24) is 20.0 Å². The van der Waals surface area contributed by atoms with Gasteiger partial charge in [-0.3, -0.25) is 4.79 Å². The first-order chi connectivity index (χ1) is 13.6. The number of nitrogens with zero attached hydrogens (tertiary/aromatic N) is 5. The van der Waals surface area contributed by atoms with Crippen molar-refractivity contribution in [3.05, 3.63) is 78.0 Å². The fourth-order valence-corrected chi connectivity index (χ4v) is 2.90. The van der Waals surface area contributed by atoms with E-state index in [1.165, 1.54) is 0 Å². The number of nitrogens with one attached hydrogen (secondary N) is 1. The van der Waals surface area contributed by atoms with Gasteiger partial charge in [-0.1, -0.05) is 29.5 Å². The fraction of sp³-hybridized carbons (Fsp3) is 0.143. The number of aromatic nitrogens is 4. The molecule has 2 aromatic heterocycles. The zero-order valence-corrected chi connectivity index (χ0v) is 15.7. The number of anilines is 2. The normalized spacial score (nSPS) is 10.8. The first-order valence-corrected chi connectivity index (χ1v) is 8.92. The number of amides is 1. The second-order valence-electron chi connectivity index (χ2n) is 6.69. The molecule has 0 fully saturated rings. The third-order valence-electron chi connectivity index (χ3n) is 4.43. The summed E-state index contributed by atoms with van der Waals surface area (Å²) in [5.41, 5.74) is 4.15. The number of carbonyl (C=O) groups is 1. The number of rotatable bonds is 5. The Labute approximate surface area is 162 Å². The van der Waals surface area contributed by atoms with Crippen LogP contribution in [0.2, 0.25) is 0 Å². The first-order valence-electron chi connectivity index (χ1n) is 8.92. The van der Waals surface area contributed by atoms with Gasteiger partial charge < -0.3 is 10.2 Å². The maximum atomic E-state index is 12.5. The zero-order valence-electron chi connectivity index (χ0n) is 15.7. The minimum Gasteiger partial charge on any atom is -0.363 e. The van der Waals surface area contributed by atoms with Gasteiger partial charge in [-0.05, 0) is 42.0 Å². The van der Waals surface area contributed by atoms with Crippen LogP contribution in [-0.4, -0.2) is 40.0 Å². The van der Waals surface area contributed by atoms with Crippen LogP contribution in [0, 0.1) is 0 Å². The van der Waals surface area contributed by atoms with E-state index in [0.717, 1.165) is 22.4 Å². The molecule has 0 saturated heterocycles. The van der Waals surface area contributed by atoms with Crippen LogP contribution in [0.25, 0.3) is 11.0 Å². The van der Waals surface area contributed by atoms with Crippen molar-refractivity contribution in [3.8, 4) is 0 Å². The number of hydrogen-bond acceptors (Lipinski definition) is 5. The molecule has 0 unspecified atom stereocenters. The maximum Gasteiger partial charge on any atom is 0.255 e. The van der Waals surface area contributed by atoms with Gasteiger partial charge in [-0.25, -0.2) is 9.67 Å². The van der Waals surface area contributed by atoms with Crippen molar-refractivity contribution in [3.63, 3.8) is 0 Å². The summed E-state index contributed by atoms with van der Waals surface area (Å²) in [5, 5.41) is 11.2. The van der Waals surface area contributed by atoms with Crippen molar-refractivity contribution < 1.29 is 4.79 Å². The Morgan fingerprint density at radius 1 is 1.04 bits per heavy atom. The lowest BCUT2D eigenvalue weighted by Gasteiger charge is -2.11. The maximum absolute atomic E-state index is 12.5. The smallest absolute Gasteiger partial charge is 0.255 e. The Hall–Kier alpha value is -3.74. The van der Waals surface area contributed by atoms with Crippen molar-refractivity contribution in [2.24, 2.45) is 0 Å². The third-order valence-corrected chi connectivity index (χ3v) is 4.43. The highest BCUT2D eigenvalue weighted by Gasteiger charge is 2.08. The van der Waals surface area contributed by atoms with Crippen LogP contribution in [0.4, 0.5) is 11.5 Å². The molecule has 4 aromatic rings. The van der Waals surface area contributed by atoms with Gasteiger partial charge in [0.1, 0.15) is 11.3 Å². The quantitative estimate of drug-likeness (QED) is 0.582. The monoisotopic (exact) mass is 372 g/mol. The molecule has 1 N–H and O–H groups in total. The number of para-hydroxylation sites is 1. The van der Waals surface area contributed by atoms with Gasteiger partial charge >= 0.3 is 0 Å². The largest absolute Gasteiger partial charge is 0.363 e. The summed E-state index contributed by atoms with van der Waals surface area (Å²) in [4.78, 5) is 18.7. The molecule has 0 saturated carbocycles. The summed E-state index contributed by atoms with van der Waals surface area (Å²) in [7, 11) is 3.84. The van der Waals surface area contributed by atoms with E-state index in [2.05, 4.69) is 20.6 Å². The molecular formula is C21H20N6O. The van der Waals surface area contributed by atoms with Crippen molar-refractivity contribution >= 4 is 28.4 Å². The topological polar surface area (TPSA) is 75.9 Å². The van der Waals surface area contributed by atoms with E-state index >= 15 is 0 Å². The molecule has 7 heteroatoms. The van der Waals surface area contributed by atoms with Crippen LogP contribution >= 0.6 is 0 Å². The predicted octanol–water partition coefficient (Wildman–Crippen LogP) is 3.19. The Balaban J connectivity index is 1.44. The number of pyridine rings is 1. The molecule has 0 radical (unpaired) electrons. The summed E-state index contributed by atoms with van der Waals surface area (Å²) in [6.45, 7) is 0.596. The number of fused-ring (bicyclic) bond motifs is 1. The molecule has 4 rings (SSSR count). The van der Waals surface area contributed by atoms with E-state index < -0.39 is 0 Å². The summed E-state index contributed by atoms with van der Waals surface area (Å²) in [6.07, 6.45) is 1.65. The number of carbonyl (C=O) groups excluding carboxylic acids is 1. The van der Waals surface area contributed by atoms with Gasteiger partial charge in [0.15, 0.2) is 0 Å². The number of benzene rings is 2. The second kappa shape index (κ2) is 7.48. The summed E-state index contributed by atoms with van der Waals surface area (Å²) >= 11 is 0. The lowest BCUT2D eigenvalue weighted by Crippen LogP contribution is -2.14. The molecule has 2 heterocycles. The average molecular weight is 372 g/mol. The van der Waals surface area contributed by atoms with E-state index in [9.17, 15) is 4.79 Å². The lowest BCUT2D eigenvalue weighted by atomic mass is 10.1. The molecule has 0 aliphatic rings. The van der Waals surface area contributed by atoms with Gasteiger partial charge in [-0.2, -0.15) is 0 Å². The Morgan fingerprint density at radius 3 is 2.54 bits per heavy atom. The first kappa shape index (κ1) is 17.7. The SMILES string of the molecule is CN(C)c1ccc(NC(=O)c2ccc(Cn3nnc4ccccc43)cc2)cn1. The van der Waals surface area contributed by atoms with Gasteiger partial charge in [-0.15, -0.1) is 5.10 Å². The molecule has 0 atom stereocenters. The fourth-order valence-electron chi connectivity index (χ4n) is 2.90. The van der Waals surface area contributed by atoms with Crippen LogP contribution < -0.4 is 10.2 Å². The summed E-state index contributed by atoms with van der Waals surface area (Å²) in [5.74, 6) is 0.667. The molecule has 2 aromatic carbocycles. The van der Waals surface area contributed by atoms with Crippen LogP contribution in [0.5, 0.6) is 0 Å². The van der Waals surface area contributed by atoms with Gasteiger partial charge in [0, 0.05) is 19.7 Å². The summed E-state index contributed by atoms with van der Waals surface area (Å²) < 4.78 is 1.85. The molecular weight excluding hydrogens is 352 g/mol. The van der Waals surface area contributed by atoms with Crippen LogP contribution in [0.1, 0.15) is 15.9 Å². The van der Waals surface area contributed by atoms with Crippen LogP contribution in [-0.2, 0) is 6.54 Å². The molecule has 1 amide bonds. The second-order valence-corrected chi connectivity index (χ2v) is 6.69. The van der Waals surface area contributed by atoms with Crippen molar-refractivity contribution in [2.45, 2.75) is 6.54 Å². The highest BCUT2D eigenvalue weighted by atomic mass is 16.1. The Bertz CT molecular complexity index is 1100. The van der Waals surface area contributed by atoms with E-state index in [1.54, 1.807) is 6.20 Å². The lowest BCUT2D eigenvalue weighted by molar-refractivity contribution is 0.102. The molecule has 0 spiro atoms. The average Bonchev–Trinajstić information content (AvgIpc) is 3.12. The minimum absolute atomic E-state index is 0.169. The van der Waals surface area contributed by atoms with Gasteiger partial charge in [0.2, 0.25) is 0 Å². The highest BCUT2D eigenvalue weighted by molar-refractivity contribution is 6.04. The van der Waals surface area contributed by atoms with E-state index in [4.69, 9.17) is 0 Å². The van der Waals surface area contributed by atoms with Crippen LogP contribution in [0.15, 0.2) is 66.9 Å². The molecule has 140 valence electrons. The molecule has 0 bridgehead atoms. The number of hydrogen-bond donors (Lipinski definition) is 1. The highest BCUT2D eigenvalue weighted by Crippen LogP contribution is 2.15. The third kappa shape index (κ3) is 3.68. The zero-order chi connectivity index (χ0) is 19.5. The standard InChI is InChI=1S/C21H20N6O/c1-26(2)20-12-11-17(13-22-20)23-21(28)16-9-7-15(8-10-16)14-27-19-6-4-3-5-18(19)24-25-27/h3-13H,14H2,1-2H3,(H,23,28). The van der Waals surface area contributed by atoms with E-state index in [-0.39, 0.29) is 5.91 Å². The Morgan fingerprint density at radius 2 is 1.82 bits per heavy atom. The summed E-state index contributed by atoms with van der Waals surface area (Å²) in [6, 6.07) is 19.0. The molecule has 28 heavy (non-hydrogen) atoms. The molecule has 7 nitrogen and oxygen atoms in total. The van der Waals surface area contributed by atoms with Gasteiger partial charge in [0.05, 0.1) is 23.9 Å². The molecule has 0 aliphatic heterocycles. The van der Waals surface area contributed by atoms with Gasteiger partial charge in [0.25, 0.3) is 5.91 Å². The Kier molecular flexibility index (Phi) is 4.72. The van der Waals surface area contributed by atoms with Crippen LogP contribution in [0.3, 0.4) is 0 Å². The molecule has 0 aliphatic carbocycles. The van der Waals surface area contributed by atoms with Crippen molar-refractivity contribution in [1.29, 1.82) is 0 Å². The predicted molar refractivity (Wildman–Crippen MR) is 110 cm³/mol. The van der Waals surface area contributed by atoms with E-state index in [0.29, 0.717) is 17.8 Å².